The molecule has 0 saturated carbocycles. The number of hydrogen-bond acceptors (Lipinski definition) is 3. The van der Waals surface area contributed by atoms with Gasteiger partial charge in [0.15, 0.2) is 0 Å². The Morgan fingerprint density at radius 2 is 1.65 bits per heavy atom. The summed E-state index contributed by atoms with van der Waals surface area (Å²) in [7, 11) is 5.05. The van der Waals surface area contributed by atoms with Crippen molar-refractivity contribution in [1.82, 2.24) is 0 Å². The number of hydrogen-bond donors (Lipinski definition) is 1. The minimum atomic E-state index is 0.442. The van der Waals surface area contributed by atoms with E-state index >= 15 is 0 Å². The number of benzene rings is 1. The van der Waals surface area contributed by atoms with Crippen molar-refractivity contribution >= 4 is 0 Å². The molecule has 2 N–H and O–H groups in total. The van der Waals surface area contributed by atoms with Gasteiger partial charge in [-0.05, 0) is 19.1 Å². The maximum Gasteiger partial charge on any atom is 0.123 e. The molecule has 96 valence electrons. The highest BCUT2D eigenvalue weighted by Gasteiger charge is 2.07. The monoisotopic (exact) mass is 240 g/mol. The van der Waals surface area contributed by atoms with Crippen LogP contribution in [0.3, 0.4) is 0 Å². The van der Waals surface area contributed by atoms with Crippen LogP contribution in [0.1, 0.15) is 12.5 Å². The summed E-state index contributed by atoms with van der Waals surface area (Å²) in [5.74, 6) is 1.65. The maximum absolute atomic E-state index is 5.23. The summed E-state index contributed by atoms with van der Waals surface area (Å²) in [4.78, 5) is 0. The van der Waals surface area contributed by atoms with Gasteiger partial charge in [0.2, 0.25) is 0 Å². The number of nitrogens with two attached hydrogens (primary N) is 1. The lowest BCUT2D eigenvalue weighted by Gasteiger charge is -2.11. The third kappa shape index (κ3) is 4.63. The average molecular weight is 240 g/mol. The van der Waals surface area contributed by atoms with Gasteiger partial charge in [0, 0.05) is 18.7 Å². The van der Waals surface area contributed by atoms with Crippen LogP contribution in [0.5, 0.6) is 11.5 Å². The van der Waals surface area contributed by atoms with Crippen molar-refractivity contribution in [2.75, 3.05) is 27.9 Å². The van der Waals surface area contributed by atoms with E-state index in [2.05, 4.69) is 12.2 Å². The molecule has 0 fully saturated rings. The molecule has 1 aromatic carbocycles. The first-order valence-electron chi connectivity index (χ1n) is 5.73. The van der Waals surface area contributed by atoms with Gasteiger partial charge in [-0.1, -0.05) is 0 Å². The fraction of sp³-hybridized carbons (Fsp3) is 0.538. The normalized spacial score (nSPS) is 12.2. The topological polar surface area (TPSA) is 44.3 Å². The van der Waals surface area contributed by atoms with Crippen LogP contribution < -0.4 is 14.8 Å². The van der Waals surface area contributed by atoms with Gasteiger partial charge in [0.05, 0.1) is 20.8 Å². The molecule has 0 aromatic heterocycles. The second kappa shape index (κ2) is 7.14. The average Bonchev–Trinajstić information content (AvgIpc) is 2.36. The van der Waals surface area contributed by atoms with Crippen molar-refractivity contribution in [1.29, 1.82) is 0 Å². The molecule has 1 rings (SSSR count). The van der Waals surface area contributed by atoms with E-state index in [4.69, 9.17) is 14.2 Å². The molecule has 4 heteroatoms. The number of ether oxygens (including phenoxy) is 3. The largest absolute Gasteiger partial charge is 0.497 e. The lowest BCUT2D eigenvalue weighted by Crippen LogP contribution is -2.88. The van der Waals surface area contributed by atoms with Crippen LogP contribution in [0, 0.1) is 0 Å². The van der Waals surface area contributed by atoms with Crippen molar-refractivity contribution in [3.8, 4) is 11.5 Å². The molecule has 0 unspecified atom stereocenters. The van der Waals surface area contributed by atoms with Crippen molar-refractivity contribution in [3.63, 3.8) is 0 Å². The fourth-order valence-electron chi connectivity index (χ4n) is 1.65. The Balaban J connectivity index is 2.63. The molecule has 0 aliphatic rings. The van der Waals surface area contributed by atoms with Crippen LogP contribution in [0.25, 0.3) is 0 Å². The second-order valence-corrected chi connectivity index (χ2v) is 4.09. The van der Waals surface area contributed by atoms with Crippen LogP contribution in [0.4, 0.5) is 0 Å². The van der Waals surface area contributed by atoms with E-state index in [1.807, 2.05) is 18.2 Å². The second-order valence-electron chi connectivity index (χ2n) is 4.09. The van der Waals surface area contributed by atoms with E-state index in [1.54, 1.807) is 21.3 Å². The Morgan fingerprint density at radius 3 is 2.12 bits per heavy atom. The van der Waals surface area contributed by atoms with Gasteiger partial charge < -0.3 is 19.5 Å². The lowest BCUT2D eigenvalue weighted by atomic mass is 10.2. The van der Waals surface area contributed by atoms with Gasteiger partial charge in [-0.25, -0.2) is 0 Å². The van der Waals surface area contributed by atoms with Gasteiger partial charge in [-0.3, -0.25) is 0 Å². The van der Waals surface area contributed by atoms with Gasteiger partial charge >= 0.3 is 0 Å². The van der Waals surface area contributed by atoms with Crippen molar-refractivity contribution in [2.24, 2.45) is 0 Å². The molecule has 17 heavy (non-hydrogen) atoms. The molecule has 1 aromatic rings. The predicted octanol–water partition coefficient (Wildman–Crippen LogP) is 0.802. The van der Waals surface area contributed by atoms with Gasteiger partial charge in [0.1, 0.15) is 24.1 Å². The molecule has 0 bridgehead atoms. The molecule has 4 nitrogen and oxygen atoms in total. The van der Waals surface area contributed by atoms with Crippen LogP contribution in [0.15, 0.2) is 18.2 Å². The molecular formula is C13H22NO3+. The SMILES string of the molecule is COC[C@H](C)[NH2+]Cc1cc(OC)cc(OC)c1. The molecule has 0 heterocycles. The Kier molecular flexibility index (Phi) is 5.80. The van der Waals surface area contributed by atoms with Gasteiger partial charge in [-0.2, -0.15) is 0 Å². The van der Waals surface area contributed by atoms with Crippen molar-refractivity contribution < 1.29 is 19.5 Å². The Hall–Kier alpha value is -1.26. The minimum absolute atomic E-state index is 0.442. The first-order chi connectivity index (χ1) is 8.19. The third-order valence-corrected chi connectivity index (χ3v) is 2.60. The molecule has 0 aliphatic heterocycles. The standard InChI is InChI=1S/C13H21NO3/c1-10(9-15-2)14-8-11-5-12(16-3)7-13(6-11)17-4/h5-7,10,14H,8-9H2,1-4H3/p+1/t10-/m0/s1. The van der Waals surface area contributed by atoms with E-state index in [1.165, 1.54) is 5.56 Å². The van der Waals surface area contributed by atoms with Gasteiger partial charge in [-0.15, -0.1) is 0 Å². The van der Waals surface area contributed by atoms with Crippen LogP contribution in [0.2, 0.25) is 0 Å². The zero-order valence-corrected chi connectivity index (χ0v) is 11.0. The number of methoxy groups -OCH3 is 3. The summed E-state index contributed by atoms with van der Waals surface area (Å²) < 4.78 is 15.6. The van der Waals surface area contributed by atoms with E-state index in [0.717, 1.165) is 24.7 Å². The number of rotatable bonds is 7. The van der Waals surface area contributed by atoms with Crippen LogP contribution in [-0.2, 0) is 11.3 Å². The zero-order valence-electron chi connectivity index (χ0n) is 11.0. The van der Waals surface area contributed by atoms with Crippen molar-refractivity contribution in [2.45, 2.75) is 19.5 Å². The summed E-state index contributed by atoms with van der Waals surface area (Å²) in [6.45, 7) is 3.78. The van der Waals surface area contributed by atoms with Gasteiger partial charge in [0.25, 0.3) is 0 Å². The molecule has 0 aliphatic carbocycles. The minimum Gasteiger partial charge on any atom is -0.497 e. The Bertz CT molecular complexity index is 319. The number of quaternary nitrogens is 1. The van der Waals surface area contributed by atoms with E-state index < -0.39 is 0 Å². The molecule has 0 radical (unpaired) electrons. The Morgan fingerprint density at radius 1 is 1.06 bits per heavy atom. The quantitative estimate of drug-likeness (QED) is 0.767. The summed E-state index contributed by atoms with van der Waals surface area (Å²) >= 11 is 0. The van der Waals surface area contributed by atoms with E-state index in [-0.39, 0.29) is 0 Å². The van der Waals surface area contributed by atoms with Crippen LogP contribution in [-0.4, -0.2) is 34.0 Å². The van der Waals surface area contributed by atoms with Crippen LogP contribution >= 0.6 is 0 Å². The maximum atomic E-state index is 5.23. The lowest BCUT2D eigenvalue weighted by molar-refractivity contribution is -0.702. The highest BCUT2D eigenvalue weighted by atomic mass is 16.5. The zero-order chi connectivity index (χ0) is 12.7. The highest BCUT2D eigenvalue weighted by molar-refractivity contribution is 5.37. The molecule has 0 saturated heterocycles. The first-order valence-corrected chi connectivity index (χ1v) is 5.73. The summed E-state index contributed by atoms with van der Waals surface area (Å²) in [6.07, 6.45) is 0. The Labute approximate surface area is 103 Å². The summed E-state index contributed by atoms with van der Waals surface area (Å²) in [5, 5.41) is 2.23. The first kappa shape index (κ1) is 13.8. The van der Waals surface area contributed by atoms with E-state index in [0.29, 0.717) is 6.04 Å². The van der Waals surface area contributed by atoms with E-state index in [9.17, 15) is 0 Å². The molecule has 1 atom stereocenters. The molecular weight excluding hydrogens is 218 g/mol. The predicted molar refractivity (Wildman–Crippen MR) is 66.5 cm³/mol. The van der Waals surface area contributed by atoms with Crippen molar-refractivity contribution in [3.05, 3.63) is 23.8 Å². The summed E-state index contributed by atoms with van der Waals surface area (Å²) in [6, 6.07) is 6.37. The smallest absolute Gasteiger partial charge is 0.123 e. The fourth-order valence-corrected chi connectivity index (χ4v) is 1.65. The third-order valence-electron chi connectivity index (χ3n) is 2.60. The molecule has 0 spiro atoms. The summed E-state index contributed by atoms with van der Waals surface area (Å²) in [5.41, 5.74) is 1.18. The molecule has 0 amide bonds. The highest BCUT2D eigenvalue weighted by Crippen LogP contribution is 2.21.